The summed E-state index contributed by atoms with van der Waals surface area (Å²) in [5.41, 5.74) is 0.942. The highest BCUT2D eigenvalue weighted by Gasteiger charge is 2.24. The second kappa shape index (κ2) is 5.81. The molecule has 1 atom stereocenters. The van der Waals surface area contributed by atoms with Gasteiger partial charge in [0.2, 0.25) is 0 Å². The van der Waals surface area contributed by atoms with Gasteiger partial charge in [0.05, 0.1) is 11.5 Å². The number of aromatic nitrogens is 2. The van der Waals surface area contributed by atoms with Gasteiger partial charge in [-0.25, -0.2) is 18.4 Å². The molecule has 110 valence electrons. The van der Waals surface area contributed by atoms with E-state index in [1.807, 2.05) is 30.3 Å². The Morgan fingerprint density at radius 1 is 1.14 bits per heavy atom. The molecule has 1 fully saturated rings. The molecule has 1 N–H and O–H groups in total. The smallest absolute Gasteiger partial charge is 0.161 e. The number of hydrogen-bond acceptors (Lipinski definition) is 5. The quantitative estimate of drug-likeness (QED) is 0.940. The van der Waals surface area contributed by atoms with Crippen molar-refractivity contribution in [2.45, 2.75) is 18.9 Å². The predicted molar refractivity (Wildman–Crippen MR) is 82.8 cm³/mol. The molecular formula is C15H17N3O2S. The van der Waals surface area contributed by atoms with Crippen molar-refractivity contribution in [3.8, 4) is 11.4 Å². The van der Waals surface area contributed by atoms with Gasteiger partial charge in [0.1, 0.15) is 5.82 Å². The first-order chi connectivity index (χ1) is 10.1. The molecule has 0 radical (unpaired) electrons. The van der Waals surface area contributed by atoms with Gasteiger partial charge >= 0.3 is 0 Å². The minimum Gasteiger partial charge on any atom is -0.366 e. The summed E-state index contributed by atoms with van der Waals surface area (Å²) in [6, 6.07) is 11.4. The van der Waals surface area contributed by atoms with Crippen molar-refractivity contribution in [2.75, 3.05) is 16.8 Å². The van der Waals surface area contributed by atoms with Crippen LogP contribution in [0, 0.1) is 0 Å². The Morgan fingerprint density at radius 2 is 1.95 bits per heavy atom. The van der Waals surface area contributed by atoms with Crippen molar-refractivity contribution in [3.63, 3.8) is 0 Å². The van der Waals surface area contributed by atoms with E-state index in [1.165, 1.54) is 0 Å². The zero-order valence-corrected chi connectivity index (χ0v) is 12.4. The fourth-order valence-electron chi connectivity index (χ4n) is 2.51. The molecule has 0 bridgehead atoms. The molecule has 0 saturated carbocycles. The van der Waals surface area contributed by atoms with E-state index in [2.05, 4.69) is 15.3 Å². The van der Waals surface area contributed by atoms with Gasteiger partial charge < -0.3 is 5.32 Å². The van der Waals surface area contributed by atoms with Crippen molar-refractivity contribution in [2.24, 2.45) is 0 Å². The van der Waals surface area contributed by atoms with Crippen LogP contribution in [0.5, 0.6) is 0 Å². The van der Waals surface area contributed by atoms with Crippen LogP contribution in [0.3, 0.4) is 0 Å². The summed E-state index contributed by atoms with van der Waals surface area (Å²) in [5.74, 6) is 1.78. The van der Waals surface area contributed by atoms with E-state index in [9.17, 15) is 8.42 Å². The van der Waals surface area contributed by atoms with Crippen molar-refractivity contribution >= 4 is 15.7 Å². The summed E-state index contributed by atoms with van der Waals surface area (Å²) < 4.78 is 23.3. The Bertz CT molecular complexity index is 717. The third-order valence-electron chi connectivity index (χ3n) is 3.50. The lowest BCUT2D eigenvalue weighted by molar-refractivity contribution is 0.561. The van der Waals surface area contributed by atoms with Crippen LogP contribution in [0.2, 0.25) is 0 Å². The maximum atomic E-state index is 11.7. The fraction of sp³-hybridized carbons (Fsp3) is 0.333. The van der Waals surface area contributed by atoms with Gasteiger partial charge in [-0.3, -0.25) is 0 Å². The Morgan fingerprint density at radius 3 is 2.71 bits per heavy atom. The molecule has 6 heteroatoms. The maximum Gasteiger partial charge on any atom is 0.161 e. The molecule has 1 aromatic heterocycles. The highest BCUT2D eigenvalue weighted by atomic mass is 32.2. The van der Waals surface area contributed by atoms with Crippen molar-refractivity contribution in [1.82, 2.24) is 9.97 Å². The topological polar surface area (TPSA) is 72.0 Å². The van der Waals surface area contributed by atoms with Crippen molar-refractivity contribution in [1.29, 1.82) is 0 Å². The van der Waals surface area contributed by atoms with E-state index >= 15 is 0 Å². The summed E-state index contributed by atoms with van der Waals surface area (Å²) in [7, 11) is -2.92. The lowest BCUT2D eigenvalue weighted by atomic mass is 10.2. The SMILES string of the molecule is O=S1(=O)CCCC(Nc2ccnc(-c3ccccc3)n2)C1. The van der Waals surface area contributed by atoms with E-state index in [-0.39, 0.29) is 11.8 Å². The van der Waals surface area contributed by atoms with E-state index in [1.54, 1.807) is 12.3 Å². The van der Waals surface area contributed by atoms with Gasteiger partial charge in [-0.2, -0.15) is 0 Å². The summed E-state index contributed by atoms with van der Waals surface area (Å²) in [5, 5.41) is 3.22. The number of rotatable bonds is 3. The van der Waals surface area contributed by atoms with Gasteiger partial charge in [-0.05, 0) is 18.9 Å². The minimum absolute atomic E-state index is 0.0673. The van der Waals surface area contributed by atoms with Crippen LogP contribution in [0.4, 0.5) is 5.82 Å². The number of nitrogens with zero attached hydrogens (tertiary/aromatic N) is 2. The Hall–Kier alpha value is -1.95. The predicted octanol–water partition coefficient (Wildman–Crippen LogP) is 2.13. The van der Waals surface area contributed by atoms with Crippen LogP contribution in [0.25, 0.3) is 11.4 Å². The molecule has 1 aliphatic rings. The molecule has 2 aromatic rings. The molecule has 5 nitrogen and oxygen atoms in total. The molecule has 0 spiro atoms. The zero-order valence-electron chi connectivity index (χ0n) is 11.6. The number of anilines is 1. The van der Waals surface area contributed by atoms with Crippen LogP contribution >= 0.6 is 0 Å². The van der Waals surface area contributed by atoms with Gasteiger partial charge in [0.15, 0.2) is 15.7 Å². The third kappa shape index (κ3) is 3.58. The summed E-state index contributed by atoms with van der Waals surface area (Å²) in [4.78, 5) is 8.73. The first-order valence-corrected chi connectivity index (χ1v) is 8.80. The second-order valence-electron chi connectivity index (χ2n) is 5.23. The van der Waals surface area contributed by atoms with E-state index in [0.717, 1.165) is 12.0 Å². The Balaban J connectivity index is 1.78. The highest BCUT2D eigenvalue weighted by Crippen LogP contribution is 2.19. The van der Waals surface area contributed by atoms with Crippen molar-refractivity contribution in [3.05, 3.63) is 42.6 Å². The number of benzene rings is 1. The molecule has 2 heterocycles. The van der Waals surface area contributed by atoms with Crippen LogP contribution in [-0.2, 0) is 9.84 Å². The van der Waals surface area contributed by atoms with E-state index in [0.29, 0.717) is 23.8 Å². The van der Waals surface area contributed by atoms with Gasteiger partial charge in [-0.1, -0.05) is 30.3 Å². The van der Waals surface area contributed by atoms with Gasteiger partial charge in [0, 0.05) is 17.8 Å². The molecule has 0 aliphatic carbocycles. The zero-order chi connectivity index (χ0) is 14.7. The van der Waals surface area contributed by atoms with Gasteiger partial charge in [-0.15, -0.1) is 0 Å². The van der Waals surface area contributed by atoms with Crippen LogP contribution in [0.15, 0.2) is 42.6 Å². The van der Waals surface area contributed by atoms with E-state index < -0.39 is 9.84 Å². The van der Waals surface area contributed by atoms with Crippen molar-refractivity contribution < 1.29 is 8.42 Å². The number of hydrogen-bond donors (Lipinski definition) is 1. The lowest BCUT2D eigenvalue weighted by Crippen LogP contribution is -2.35. The highest BCUT2D eigenvalue weighted by molar-refractivity contribution is 7.91. The van der Waals surface area contributed by atoms with Gasteiger partial charge in [0.25, 0.3) is 0 Å². The largest absolute Gasteiger partial charge is 0.366 e. The fourth-order valence-corrected chi connectivity index (χ4v) is 4.15. The monoisotopic (exact) mass is 303 g/mol. The Labute approximate surface area is 124 Å². The molecule has 1 aromatic carbocycles. The van der Waals surface area contributed by atoms with Crippen LogP contribution in [0.1, 0.15) is 12.8 Å². The molecule has 1 aliphatic heterocycles. The third-order valence-corrected chi connectivity index (χ3v) is 5.32. The molecule has 21 heavy (non-hydrogen) atoms. The summed E-state index contributed by atoms with van der Waals surface area (Å²) >= 11 is 0. The molecular weight excluding hydrogens is 286 g/mol. The molecule has 0 amide bonds. The average Bonchev–Trinajstić information content (AvgIpc) is 2.47. The van der Waals surface area contributed by atoms with E-state index in [4.69, 9.17) is 0 Å². The number of sulfone groups is 1. The number of nitrogens with one attached hydrogen (secondary N) is 1. The Kier molecular flexibility index (Phi) is 3.88. The first-order valence-electron chi connectivity index (χ1n) is 6.98. The normalized spacial score (nSPS) is 20.9. The molecule has 3 rings (SSSR count). The van der Waals surface area contributed by atoms with Crippen LogP contribution < -0.4 is 5.32 Å². The minimum atomic E-state index is -2.92. The second-order valence-corrected chi connectivity index (χ2v) is 7.46. The lowest BCUT2D eigenvalue weighted by Gasteiger charge is -2.23. The standard InChI is InChI=1S/C15H17N3O2S/c19-21(20)10-4-7-13(11-21)17-14-8-9-16-15(18-14)12-5-2-1-3-6-12/h1-3,5-6,8-9,13H,4,7,10-11H2,(H,16,17,18). The van der Waals surface area contributed by atoms with Crippen LogP contribution in [-0.4, -0.2) is 35.9 Å². The summed E-state index contributed by atoms with van der Waals surface area (Å²) in [6.45, 7) is 0. The first kappa shape index (κ1) is 14.0. The summed E-state index contributed by atoms with van der Waals surface area (Å²) in [6.07, 6.45) is 3.25. The maximum absolute atomic E-state index is 11.7. The molecule has 1 saturated heterocycles. The average molecular weight is 303 g/mol. The molecule has 1 unspecified atom stereocenters.